The minimum atomic E-state index is 0.597. The van der Waals surface area contributed by atoms with Gasteiger partial charge in [-0.2, -0.15) is 0 Å². The molecule has 2 atom stereocenters. The number of terminal acetylenes is 1. The molecular formula is C7H10. The maximum absolute atomic E-state index is 5.16. The predicted molar refractivity (Wildman–Crippen MR) is 30.7 cm³/mol. The Morgan fingerprint density at radius 3 is 1.71 bits per heavy atom. The number of hydrogen-bond donors (Lipinski definition) is 0. The summed E-state index contributed by atoms with van der Waals surface area (Å²) in [5.41, 5.74) is 0. The average molecular weight is 94.2 g/mol. The van der Waals surface area contributed by atoms with Gasteiger partial charge in [0.05, 0.1) is 0 Å². The van der Waals surface area contributed by atoms with Gasteiger partial charge in [-0.15, -0.1) is 12.3 Å². The topological polar surface area (TPSA) is 0 Å². The lowest BCUT2D eigenvalue weighted by atomic mass is 10.4. The molecule has 1 rings (SSSR count). The molecule has 0 spiro atoms. The van der Waals surface area contributed by atoms with E-state index >= 15 is 0 Å². The summed E-state index contributed by atoms with van der Waals surface area (Å²) < 4.78 is 0. The second kappa shape index (κ2) is 1.26. The first-order valence-corrected chi connectivity index (χ1v) is 2.73. The van der Waals surface area contributed by atoms with Gasteiger partial charge in [-0.1, -0.05) is 13.8 Å². The largest absolute Gasteiger partial charge is 0.120 e. The molecule has 2 unspecified atom stereocenters. The van der Waals surface area contributed by atoms with Gasteiger partial charge in [0, 0.05) is 5.92 Å². The molecule has 0 nitrogen and oxygen atoms in total. The van der Waals surface area contributed by atoms with E-state index in [1.54, 1.807) is 0 Å². The van der Waals surface area contributed by atoms with E-state index in [1.807, 2.05) is 0 Å². The first kappa shape index (κ1) is 4.71. The molecule has 0 aromatic heterocycles. The van der Waals surface area contributed by atoms with Gasteiger partial charge in [0.25, 0.3) is 0 Å². The summed E-state index contributed by atoms with van der Waals surface area (Å²) in [6, 6.07) is 0. The van der Waals surface area contributed by atoms with E-state index < -0.39 is 0 Å². The van der Waals surface area contributed by atoms with Crippen molar-refractivity contribution < 1.29 is 0 Å². The molecule has 0 aliphatic heterocycles. The molecule has 1 saturated carbocycles. The Bertz CT molecular complexity index is 99.7. The van der Waals surface area contributed by atoms with Crippen molar-refractivity contribution in [1.82, 2.24) is 0 Å². The number of rotatable bonds is 0. The fraction of sp³-hybridized carbons (Fsp3) is 0.714. The van der Waals surface area contributed by atoms with Crippen LogP contribution in [0.15, 0.2) is 0 Å². The van der Waals surface area contributed by atoms with Crippen molar-refractivity contribution in [2.75, 3.05) is 0 Å². The maximum atomic E-state index is 5.16. The molecule has 0 heteroatoms. The van der Waals surface area contributed by atoms with Crippen LogP contribution < -0.4 is 0 Å². The molecule has 0 aromatic rings. The van der Waals surface area contributed by atoms with E-state index in [4.69, 9.17) is 6.42 Å². The van der Waals surface area contributed by atoms with Crippen molar-refractivity contribution in [2.45, 2.75) is 13.8 Å². The van der Waals surface area contributed by atoms with Gasteiger partial charge in [-0.3, -0.25) is 0 Å². The highest BCUT2D eigenvalue weighted by Gasteiger charge is 2.40. The van der Waals surface area contributed by atoms with E-state index in [2.05, 4.69) is 19.8 Å². The Morgan fingerprint density at radius 1 is 1.29 bits per heavy atom. The third-order valence-electron chi connectivity index (χ3n) is 2.01. The second-order valence-corrected chi connectivity index (χ2v) is 2.41. The van der Waals surface area contributed by atoms with Crippen LogP contribution in [0.5, 0.6) is 0 Å². The minimum Gasteiger partial charge on any atom is -0.120 e. The van der Waals surface area contributed by atoms with Crippen LogP contribution in [0.1, 0.15) is 13.8 Å². The van der Waals surface area contributed by atoms with Crippen molar-refractivity contribution in [3.8, 4) is 12.3 Å². The molecule has 0 radical (unpaired) electrons. The van der Waals surface area contributed by atoms with Gasteiger partial charge in [0.1, 0.15) is 0 Å². The summed E-state index contributed by atoms with van der Waals surface area (Å²) in [6.45, 7) is 4.41. The standard InChI is InChI=1S/C7H10/c1-4-7-5(2)6(7)3/h1,5-7H,2-3H3. The second-order valence-electron chi connectivity index (χ2n) is 2.41. The Morgan fingerprint density at radius 2 is 1.71 bits per heavy atom. The summed E-state index contributed by atoms with van der Waals surface area (Å²) in [6.07, 6.45) is 5.16. The zero-order valence-corrected chi connectivity index (χ0v) is 4.81. The molecule has 38 valence electrons. The van der Waals surface area contributed by atoms with Crippen molar-refractivity contribution in [3.05, 3.63) is 0 Å². The first-order valence-electron chi connectivity index (χ1n) is 2.73. The monoisotopic (exact) mass is 94.1 g/mol. The highest BCUT2D eigenvalue weighted by Crippen LogP contribution is 2.44. The molecular weight excluding hydrogens is 84.1 g/mol. The van der Waals surface area contributed by atoms with E-state index in [1.165, 1.54) is 0 Å². The lowest BCUT2D eigenvalue weighted by molar-refractivity contribution is 0.834. The summed E-state index contributed by atoms with van der Waals surface area (Å²) >= 11 is 0. The zero-order valence-electron chi connectivity index (χ0n) is 4.81. The van der Waals surface area contributed by atoms with Crippen molar-refractivity contribution in [1.29, 1.82) is 0 Å². The highest BCUT2D eigenvalue weighted by atomic mass is 14.4. The fourth-order valence-electron chi connectivity index (χ4n) is 0.966. The average Bonchev–Trinajstić information content (AvgIpc) is 2.17. The Hall–Kier alpha value is -0.440. The summed E-state index contributed by atoms with van der Waals surface area (Å²) in [5.74, 6) is 4.93. The van der Waals surface area contributed by atoms with Crippen LogP contribution in [0.3, 0.4) is 0 Å². The summed E-state index contributed by atoms with van der Waals surface area (Å²) in [5, 5.41) is 0. The molecule has 1 fully saturated rings. The Kier molecular flexibility index (Phi) is 0.852. The predicted octanol–water partition coefficient (Wildman–Crippen LogP) is 1.52. The Labute approximate surface area is 44.9 Å². The quantitative estimate of drug-likeness (QED) is 0.399. The van der Waals surface area contributed by atoms with Gasteiger partial charge in [-0.25, -0.2) is 0 Å². The van der Waals surface area contributed by atoms with Crippen LogP contribution >= 0.6 is 0 Å². The van der Waals surface area contributed by atoms with Crippen molar-refractivity contribution in [2.24, 2.45) is 17.8 Å². The number of hydrogen-bond acceptors (Lipinski definition) is 0. The maximum Gasteiger partial charge on any atom is 0.0257 e. The molecule has 0 saturated heterocycles. The highest BCUT2D eigenvalue weighted by molar-refractivity contribution is 5.09. The lowest BCUT2D eigenvalue weighted by Gasteiger charge is -1.68. The Balaban J connectivity index is 2.42. The zero-order chi connectivity index (χ0) is 5.44. The van der Waals surface area contributed by atoms with E-state index in [0.29, 0.717) is 5.92 Å². The summed E-state index contributed by atoms with van der Waals surface area (Å²) in [7, 11) is 0. The molecule has 0 amide bonds. The third kappa shape index (κ3) is 0.527. The van der Waals surface area contributed by atoms with Crippen molar-refractivity contribution >= 4 is 0 Å². The van der Waals surface area contributed by atoms with Gasteiger partial charge < -0.3 is 0 Å². The normalized spacial score (nSPS) is 47.9. The first-order chi connectivity index (χ1) is 3.27. The molecule has 0 aromatic carbocycles. The van der Waals surface area contributed by atoms with Gasteiger partial charge >= 0.3 is 0 Å². The van der Waals surface area contributed by atoms with Crippen LogP contribution in [0.25, 0.3) is 0 Å². The minimum absolute atomic E-state index is 0.597. The van der Waals surface area contributed by atoms with Crippen molar-refractivity contribution in [3.63, 3.8) is 0 Å². The smallest absolute Gasteiger partial charge is 0.0257 e. The van der Waals surface area contributed by atoms with Crippen LogP contribution in [-0.2, 0) is 0 Å². The molecule has 1 aliphatic carbocycles. The van der Waals surface area contributed by atoms with E-state index in [9.17, 15) is 0 Å². The van der Waals surface area contributed by atoms with Crippen LogP contribution in [-0.4, -0.2) is 0 Å². The van der Waals surface area contributed by atoms with Gasteiger partial charge in [0.2, 0.25) is 0 Å². The third-order valence-corrected chi connectivity index (χ3v) is 2.01. The SMILES string of the molecule is C#CC1C(C)C1C. The fourth-order valence-corrected chi connectivity index (χ4v) is 0.966. The van der Waals surface area contributed by atoms with E-state index in [-0.39, 0.29) is 0 Å². The molecule has 1 aliphatic rings. The van der Waals surface area contributed by atoms with Crippen LogP contribution in [0.2, 0.25) is 0 Å². The molecule has 0 bridgehead atoms. The van der Waals surface area contributed by atoms with Crippen LogP contribution in [0, 0.1) is 30.1 Å². The summed E-state index contributed by atoms with van der Waals surface area (Å²) in [4.78, 5) is 0. The molecule has 7 heavy (non-hydrogen) atoms. The molecule has 0 N–H and O–H groups in total. The van der Waals surface area contributed by atoms with Gasteiger partial charge in [0.15, 0.2) is 0 Å². The lowest BCUT2D eigenvalue weighted by Crippen LogP contribution is -1.65. The van der Waals surface area contributed by atoms with Crippen LogP contribution in [0.4, 0.5) is 0 Å². The molecule has 0 heterocycles. The van der Waals surface area contributed by atoms with E-state index in [0.717, 1.165) is 11.8 Å². The van der Waals surface area contributed by atoms with Gasteiger partial charge in [-0.05, 0) is 11.8 Å².